The molecule has 0 aliphatic carbocycles. The minimum atomic E-state index is -0.152. The maximum atomic E-state index is 12.0. The van der Waals surface area contributed by atoms with Crippen LogP contribution in [0.4, 0.5) is 0 Å². The quantitative estimate of drug-likeness (QED) is 0.844. The minimum Gasteiger partial charge on any atom is -0.508 e. The topological polar surface area (TPSA) is 49.3 Å². The van der Waals surface area contributed by atoms with E-state index in [1.165, 1.54) is 0 Å². The summed E-state index contributed by atoms with van der Waals surface area (Å²) in [5.41, 5.74) is 1.51. The van der Waals surface area contributed by atoms with Gasteiger partial charge in [-0.1, -0.05) is 28.1 Å². The van der Waals surface area contributed by atoms with Gasteiger partial charge in [0.15, 0.2) is 0 Å². The fraction of sp³-hybridized carbons (Fsp3) is 0.0714. The first-order valence-electron chi connectivity index (χ1n) is 5.57. The van der Waals surface area contributed by atoms with Crippen molar-refractivity contribution in [2.24, 2.45) is 0 Å². The molecule has 2 N–H and O–H groups in total. The second-order valence-electron chi connectivity index (χ2n) is 3.97. The first-order valence-corrected chi connectivity index (χ1v) is 7.16. The van der Waals surface area contributed by atoms with Gasteiger partial charge in [-0.25, -0.2) is 0 Å². The standard InChI is InChI=1S/C14H11Br2NO2/c15-10-3-6-13(16)12(7-10)14(19)17-8-9-1-4-11(18)5-2-9/h1-7,18H,8H2,(H,17,19). The lowest BCUT2D eigenvalue weighted by atomic mass is 10.2. The smallest absolute Gasteiger partial charge is 0.252 e. The number of carbonyl (C=O) groups excluding carboxylic acids is 1. The predicted octanol–water partition coefficient (Wildman–Crippen LogP) is 3.85. The summed E-state index contributed by atoms with van der Waals surface area (Å²) >= 11 is 6.69. The van der Waals surface area contributed by atoms with Crippen LogP contribution in [0.2, 0.25) is 0 Å². The maximum absolute atomic E-state index is 12.0. The molecule has 0 aromatic heterocycles. The van der Waals surface area contributed by atoms with Crippen molar-refractivity contribution in [1.29, 1.82) is 0 Å². The molecule has 2 aromatic carbocycles. The lowest BCUT2D eigenvalue weighted by Gasteiger charge is -2.07. The van der Waals surface area contributed by atoms with Gasteiger partial charge < -0.3 is 10.4 Å². The molecule has 3 nitrogen and oxygen atoms in total. The molecule has 2 rings (SSSR count). The molecule has 0 aliphatic heterocycles. The highest BCUT2D eigenvalue weighted by Gasteiger charge is 2.10. The van der Waals surface area contributed by atoms with Gasteiger partial charge in [-0.3, -0.25) is 4.79 Å². The average molecular weight is 385 g/mol. The molecule has 0 saturated carbocycles. The molecule has 0 atom stereocenters. The van der Waals surface area contributed by atoms with Gasteiger partial charge in [0.25, 0.3) is 5.91 Å². The van der Waals surface area contributed by atoms with Gasteiger partial charge in [-0.05, 0) is 51.8 Å². The van der Waals surface area contributed by atoms with Crippen molar-refractivity contribution in [3.8, 4) is 5.75 Å². The lowest BCUT2D eigenvalue weighted by molar-refractivity contribution is 0.0950. The van der Waals surface area contributed by atoms with Gasteiger partial charge >= 0.3 is 0 Å². The Hall–Kier alpha value is -1.33. The zero-order valence-electron chi connectivity index (χ0n) is 9.86. The van der Waals surface area contributed by atoms with E-state index < -0.39 is 0 Å². The molecule has 0 heterocycles. The van der Waals surface area contributed by atoms with Gasteiger partial charge in [0, 0.05) is 15.5 Å². The number of nitrogens with one attached hydrogen (secondary N) is 1. The van der Waals surface area contributed by atoms with Gasteiger partial charge in [-0.15, -0.1) is 0 Å². The summed E-state index contributed by atoms with van der Waals surface area (Å²) < 4.78 is 1.60. The minimum absolute atomic E-state index is 0.152. The van der Waals surface area contributed by atoms with E-state index in [0.717, 1.165) is 14.5 Å². The summed E-state index contributed by atoms with van der Waals surface area (Å²) in [4.78, 5) is 12.0. The number of carbonyl (C=O) groups is 1. The van der Waals surface area contributed by atoms with E-state index in [1.54, 1.807) is 30.3 Å². The van der Waals surface area contributed by atoms with Crippen LogP contribution < -0.4 is 5.32 Å². The Morgan fingerprint density at radius 3 is 2.47 bits per heavy atom. The zero-order valence-corrected chi connectivity index (χ0v) is 13.0. The molecular formula is C14H11Br2NO2. The van der Waals surface area contributed by atoms with Crippen LogP contribution in [-0.4, -0.2) is 11.0 Å². The number of hydrogen-bond acceptors (Lipinski definition) is 2. The first-order chi connectivity index (χ1) is 9.06. The van der Waals surface area contributed by atoms with Gasteiger partial charge in [0.05, 0.1) is 5.56 Å². The van der Waals surface area contributed by atoms with Crippen molar-refractivity contribution in [2.75, 3.05) is 0 Å². The Morgan fingerprint density at radius 1 is 1.11 bits per heavy atom. The van der Waals surface area contributed by atoms with Crippen molar-refractivity contribution in [2.45, 2.75) is 6.54 Å². The summed E-state index contributed by atoms with van der Waals surface area (Å²) in [5, 5.41) is 12.0. The number of hydrogen-bond donors (Lipinski definition) is 2. The molecular weight excluding hydrogens is 374 g/mol. The molecule has 5 heteroatoms. The number of rotatable bonds is 3. The van der Waals surface area contributed by atoms with Gasteiger partial charge in [-0.2, -0.15) is 0 Å². The van der Waals surface area contributed by atoms with Crippen LogP contribution in [0.15, 0.2) is 51.4 Å². The lowest BCUT2D eigenvalue weighted by Crippen LogP contribution is -2.23. The summed E-state index contributed by atoms with van der Waals surface area (Å²) in [6.07, 6.45) is 0. The van der Waals surface area contributed by atoms with E-state index in [1.807, 2.05) is 12.1 Å². The Bertz CT molecular complexity index is 597. The van der Waals surface area contributed by atoms with E-state index in [0.29, 0.717) is 12.1 Å². The van der Waals surface area contributed by atoms with Gasteiger partial charge in [0.2, 0.25) is 0 Å². The normalized spacial score (nSPS) is 10.2. The predicted molar refractivity (Wildman–Crippen MR) is 81.1 cm³/mol. The molecule has 0 saturated heterocycles. The number of phenols is 1. The second kappa shape index (κ2) is 6.21. The Labute approximate surface area is 127 Å². The molecule has 2 aromatic rings. The highest BCUT2D eigenvalue weighted by Crippen LogP contribution is 2.21. The molecule has 19 heavy (non-hydrogen) atoms. The number of amides is 1. The van der Waals surface area contributed by atoms with Crippen LogP contribution in [0.25, 0.3) is 0 Å². The molecule has 0 aliphatic rings. The molecule has 0 bridgehead atoms. The SMILES string of the molecule is O=C(NCc1ccc(O)cc1)c1cc(Br)ccc1Br. The molecule has 0 spiro atoms. The average Bonchev–Trinajstić information content (AvgIpc) is 2.40. The Morgan fingerprint density at radius 2 is 1.79 bits per heavy atom. The first kappa shape index (κ1) is 14.1. The number of phenolic OH excluding ortho intramolecular Hbond substituents is 1. The zero-order chi connectivity index (χ0) is 13.8. The van der Waals surface area contributed by atoms with E-state index in [2.05, 4.69) is 37.2 Å². The van der Waals surface area contributed by atoms with Crippen LogP contribution >= 0.6 is 31.9 Å². The van der Waals surface area contributed by atoms with Crippen LogP contribution in [-0.2, 0) is 6.54 Å². The number of benzene rings is 2. The Balaban J connectivity index is 2.05. The largest absolute Gasteiger partial charge is 0.508 e. The maximum Gasteiger partial charge on any atom is 0.252 e. The third-order valence-corrected chi connectivity index (χ3v) is 3.75. The van der Waals surface area contributed by atoms with Crippen LogP contribution in [0.1, 0.15) is 15.9 Å². The molecule has 0 unspecified atom stereocenters. The summed E-state index contributed by atoms with van der Waals surface area (Å²) in [6, 6.07) is 12.2. The molecule has 0 radical (unpaired) electrons. The van der Waals surface area contributed by atoms with Crippen LogP contribution in [0.3, 0.4) is 0 Å². The van der Waals surface area contributed by atoms with E-state index in [9.17, 15) is 9.90 Å². The highest BCUT2D eigenvalue weighted by molar-refractivity contribution is 9.11. The van der Waals surface area contributed by atoms with Crippen LogP contribution in [0, 0.1) is 0 Å². The van der Waals surface area contributed by atoms with Crippen molar-refractivity contribution in [3.63, 3.8) is 0 Å². The van der Waals surface area contributed by atoms with Crippen molar-refractivity contribution in [1.82, 2.24) is 5.32 Å². The fourth-order valence-electron chi connectivity index (χ4n) is 1.56. The van der Waals surface area contributed by atoms with E-state index >= 15 is 0 Å². The van der Waals surface area contributed by atoms with Crippen molar-refractivity contribution in [3.05, 3.63) is 62.5 Å². The molecule has 98 valence electrons. The Kier molecular flexibility index (Phi) is 4.61. The third-order valence-electron chi connectivity index (χ3n) is 2.56. The van der Waals surface area contributed by atoms with Gasteiger partial charge in [0.1, 0.15) is 5.75 Å². The van der Waals surface area contributed by atoms with E-state index in [4.69, 9.17) is 0 Å². The van der Waals surface area contributed by atoms with E-state index in [-0.39, 0.29) is 11.7 Å². The summed E-state index contributed by atoms with van der Waals surface area (Å²) in [5.74, 6) is 0.0612. The summed E-state index contributed by atoms with van der Waals surface area (Å²) in [7, 11) is 0. The monoisotopic (exact) mass is 383 g/mol. The van der Waals surface area contributed by atoms with Crippen LogP contribution in [0.5, 0.6) is 5.75 Å². The third kappa shape index (κ3) is 3.81. The number of halogens is 2. The molecule has 1 amide bonds. The summed E-state index contributed by atoms with van der Waals surface area (Å²) in [6.45, 7) is 0.415. The highest BCUT2D eigenvalue weighted by atomic mass is 79.9. The fourth-order valence-corrected chi connectivity index (χ4v) is 2.35. The molecule has 0 fully saturated rings. The second-order valence-corrected chi connectivity index (χ2v) is 5.74. The van der Waals surface area contributed by atoms with Crippen molar-refractivity contribution >= 4 is 37.8 Å². The number of aromatic hydroxyl groups is 1. The van der Waals surface area contributed by atoms with Crippen molar-refractivity contribution < 1.29 is 9.90 Å².